The van der Waals surface area contributed by atoms with Gasteiger partial charge in [-0.25, -0.2) is 0 Å². The van der Waals surface area contributed by atoms with Crippen LogP contribution in [0, 0.1) is 0 Å². The smallest absolute Gasteiger partial charge is 0.267 e. The zero-order valence-corrected chi connectivity index (χ0v) is 11.3. The van der Waals surface area contributed by atoms with Crippen LogP contribution >= 0.6 is 11.5 Å². The van der Waals surface area contributed by atoms with Gasteiger partial charge in [-0.2, -0.15) is 0 Å². The molecular weight excluding hydrogens is 254 g/mol. The maximum Gasteiger partial charge on any atom is 0.267 e. The Hall–Kier alpha value is -1.70. The molecule has 0 radical (unpaired) electrons. The molecule has 7 nitrogen and oxygen atoms in total. The molecule has 0 spiro atoms. The monoisotopic (exact) mass is 271 g/mol. The van der Waals surface area contributed by atoms with Crippen molar-refractivity contribution in [3.8, 4) is 0 Å². The van der Waals surface area contributed by atoms with Crippen molar-refractivity contribution in [1.29, 1.82) is 0 Å². The fourth-order valence-corrected chi connectivity index (χ4v) is 2.08. The third-order valence-electron chi connectivity index (χ3n) is 2.42. The Kier molecular flexibility index (Phi) is 5.50. The van der Waals surface area contributed by atoms with Crippen molar-refractivity contribution in [3.05, 3.63) is 10.6 Å². The molecule has 0 aliphatic carbocycles. The van der Waals surface area contributed by atoms with Crippen molar-refractivity contribution in [2.45, 2.75) is 26.2 Å². The number of carbonyl (C=O) groups is 1. The molecule has 1 aromatic heterocycles. The first-order valence-electron chi connectivity index (χ1n) is 5.63. The molecule has 1 rings (SSSR count). The van der Waals surface area contributed by atoms with E-state index in [1.807, 2.05) is 6.92 Å². The molecule has 0 unspecified atom stereocenters. The number of carbonyl (C=O) groups excluding carboxylic acids is 1. The lowest BCUT2D eigenvalue weighted by atomic mass is 10.2. The lowest BCUT2D eigenvalue weighted by Gasteiger charge is -2.15. The Bertz CT molecular complexity index is 432. The average Bonchev–Trinajstić information content (AvgIpc) is 2.83. The van der Waals surface area contributed by atoms with Gasteiger partial charge in [0.05, 0.1) is 5.69 Å². The van der Waals surface area contributed by atoms with Crippen LogP contribution in [0.25, 0.3) is 0 Å². The number of hydrogen-bond donors (Lipinski definition) is 2. The molecule has 0 fully saturated rings. The van der Waals surface area contributed by atoms with Crippen LogP contribution in [0.4, 0.5) is 0 Å². The minimum absolute atomic E-state index is 0.103. The predicted molar refractivity (Wildman–Crippen MR) is 68.9 cm³/mol. The van der Waals surface area contributed by atoms with Gasteiger partial charge in [-0.1, -0.05) is 23.0 Å². The molecule has 1 heterocycles. The van der Waals surface area contributed by atoms with Crippen LogP contribution in [0.3, 0.4) is 0 Å². The van der Waals surface area contributed by atoms with Gasteiger partial charge < -0.3 is 15.8 Å². The van der Waals surface area contributed by atoms with Crippen molar-refractivity contribution in [2.75, 3.05) is 13.6 Å². The largest absolute Gasteiger partial charge is 0.409 e. The standard InChI is InChI=1S/C10H17N5O2S/c1-3-4-7-9(18-14-12-7)10(16)15(2)6-5-8(11)13-17/h17H,3-6H2,1-2H3,(H2,11,13). The molecule has 1 aromatic rings. The first kappa shape index (κ1) is 14.4. The highest BCUT2D eigenvalue weighted by atomic mass is 32.1. The van der Waals surface area contributed by atoms with E-state index in [1.54, 1.807) is 7.05 Å². The highest BCUT2D eigenvalue weighted by Crippen LogP contribution is 2.14. The Morgan fingerprint density at radius 1 is 1.61 bits per heavy atom. The molecule has 0 saturated heterocycles. The normalized spacial score (nSPS) is 11.6. The van der Waals surface area contributed by atoms with E-state index in [2.05, 4.69) is 14.7 Å². The van der Waals surface area contributed by atoms with Crippen molar-refractivity contribution < 1.29 is 10.0 Å². The third kappa shape index (κ3) is 3.66. The number of oxime groups is 1. The molecule has 3 N–H and O–H groups in total. The number of nitrogens with zero attached hydrogens (tertiary/aromatic N) is 4. The Labute approximate surface area is 109 Å². The summed E-state index contributed by atoms with van der Waals surface area (Å²) in [4.78, 5) is 14.2. The van der Waals surface area contributed by atoms with Crippen molar-refractivity contribution in [1.82, 2.24) is 14.5 Å². The van der Waals surface area contributed by atoms with Crippen LogP contribution < -0.4 is 5.73 Å². The van der Waals surface area contributed by atoms with E-state index in [0.29, 0.717) is 17.8 Å². The third-order valence-corrected chi connectivity index (χ3v) is 3.17. The molecule has 0 bridgehead atoms. The first-order valence-corrected chi connectivity index (χ1v) is 6.40. The fourth-order valence-electron chi connectivity index (χ4n) is 1.38. The van der Waals surface area contributed by atoms with Gasteiger partial charge in [0.25, 0.3) is 5.91 Å². The van der Waals surface area contributed by atoms with Gasteiger partial charge in [0.1, 0.15) is 10.7 Å². The number of nitrogens with two attached hydrogens (primary N) is 1. The van der Waals surface area contributed by atoms with E-state index in [1.165, 1.54) is 4.90 Å². The molecule has 0 aliphatic heterocycles. The molecule has 0 atom stereocenters. The zero-order chi connectivity index (χ0) is 13.5. The van der Waals surface area contributed by atoms with Gasteiger partial charge in [0, 0.05) is 20.0 Å². The fraction of sp³-hybridized carbons (Fsp3) is 0.600. The summed E-state index contributed by atoms with van der Waals surface area (Å²) in [5.41, 5.74) is 6.10. The maximum atomic E-state index is 12.1. The van der Waals surface area contributed by atoms with E-state index in [4.69, 9.17) is 10.9 Å². The van der Waals surface area contributed by atoms with Gasteiger partial charge in [0.2, 0.25) is 0 Å². The van der Waals surface area contributed by atoms with Gasteiger partial charge in [-0.3, -0.25) is 4.79 Å². The number of hydrogen-bond acceptors (Lipinski definition) is 6. The number of rotatable bonds is 6. The minimum Gasteiger partial charge on any atom is -0.409 e. The number of aromatic nitrogens is 2. The highest BCUT2D eigenvalue weighted by molar-refractivity contribution is 7.07. The summed E-state index contributed by atoms with van der Waals surface area (Å²) in [5.74, 6) is -0.0231. The summed E-state index contributed by atoms with van der Waals surface area (Å²) >= 11 is 1.10. The second-order valence-corrected chi connectivity index (χ2v) is 4.62. The molecule has 100 valence electrons. The molecular formula is C10H17N5O2S. The molecule has 1 amide bonds. The van der Waals surface area contributed by atoms with Crippen LogP contribution in [-0.2, 0) is 6.42 Å². The Morgan fingerprint density at radius 3 is 2.94 bits per heavy atom. The van der Waals surface area contributed by atoms with Crippen molar-refractivity contribution >= 4 is 23.3 Å². The van der Waals surface area contributed by atoms with Crippen molar-refractivity contribution in [3.63, 3.8) is 0 Å². The summed E-state index contributed by atoms with van der Waals surface area (Å²) in [7, 11) is 1.67. The minimum atomic E-state index is -0.126. The van der Waals surface area contributed by atoms with E-state index in [9.17, 15) is 4.79 Å². The Morgan fingerprint density at radius 2 is 2.33 bits per heavy atom. The topological polar surface area (TPSA) is 105 Å². The van der Waals surface area contributed by atoms with E-state index in [-0.39, 0.29) is 11.7 Å². The van der Waals surface area contributed by atoms with Gasteiger partial charge >= 0.3 is 0 Å². The summed E-state index contributed by atoms with van der Waals surface area (Å²) in [6.07, 6.45) is 1.99. The molecule has 0 saturated carbocycles. The summed E-state index contributed by atoms with van der Waals surface area (Å²) in [5, 5.41) is 15.2. The second-order valence-electron chi connectivity index (χ2n) is 3.87. The van der Waals surface area contributed by atoms with Crippen LogP contribution in [0.1, 0.15) is 35.1 Å². The lowest BCUT2D eigenvalue weighted by Crippen LogP contribution is -2.30. The average molecular weight is 271 g/mol. The predicted octanol–water partition coefficient (Wildman–Crippen LogP) is 0.699. The molecule has 0 aromatic carbocycles. The van der Waals surface area contributed by atoms with E-state index >= 15 is 0 Å². The lowest BCUT2D eigenvalue weighted by molar-refractivity contribution is 0.0802. The first-order chi connectivity index (χ1) is 8.60. The van der Waals surface area contributed by atoms with Gasteiger partial charge in [-0.15, -0.1) is 5.10 Å². The van der Waals surface area contributed by atoms with Crippen LogP contribution in [-0.4, -0.2) is 45.0 Å². The van der Waals surface area contributed by atoms with Gasteiger partial charge in [-0.05, 0) is 18.0 Å². The second kappa shape index (κ2) is 6.90. The molecule has 18 heavy (non-hydrogen) atoms. The molecule has 0 aliphatic rings. The summed E-state index contributed by atoms with van der Waals surface area (Å²) < 4.78 is 3.81. The summed E-state index contributed by atoms with van der Waals surface area (Å²) in [6, 6.07) is 0. The van der Waals surface area contributed by atoms with E-state index in [0.717, 1.165) is 30.1 Å². The zero-order valence-electron chi connectivity index (χ0n) is 10.5. The highest BCUT2D eigenvalue weighted by Gasteiger charge is 2.19. The summed E-state index contributed by atoms with van der Waals surface area (Å²) in [6.45, 7) is 2.41. The van der Waals surface area contributed by atoms with Crippen LogP contribution in [0.15, 0.2) is 5.16 Å². The number of amidine groups is 1. The van der Waals surface area contributed by atoms with Gasteiger partial charge in [0.15, 0.2) is 0 Å². The number of amides is 1. The Balaban J connectivity index is 2.65. The molecule has 8 heteroatoms. The number of aryl methyl sites for hydroxylation is 1. The van der Waals surface area contributed by atoms with Crippen molar-refractivity contribution in [2.24, 2.45) is 10.9 Å². The maximum absolute atomic E-state index is 12.1. The van der Waals surface area contributed by atoms with Crippen LogP contribution in [0.5, 0.6) is 0 Å². The van der Waals surface area contributed by atoms with E-state index < -0.39 is 0 Å². The van der Waals surface area contributed by atoms with Crippen LogP contribution in [0.2, 0.25) is 0 Å². The quantitative estimate of drug-likeness (QED) is 0.343. The SMILES string of the molecule is CCCc1nnsc1C(=O)N(C)CCC(N)=NO.